The van der Waals surface area contributed by atoms with E-state index in [0.717, 1.165) is 12.8 Å². The molecule has 0 aromatic rings. The van der Waals surface area contributed by atoms with Crippen molar-refractivity contribution < 1.29 is 0 Å². The summed E-state index contributed by atoms with van der Waals surface area (Å²) >= 11 is 0. The van der Waals surface area contributed by atoms with E-state index >= 15 is 0 Å². The average molecular weight is 162 g/mol. The second-order valence-corrected chi connectivity index (χ2v) is 3.22. The zero-order chi connectivity index (χ0) is 9.40. The highest BCUT2D eigenvalue weighted by Crippen LogP contribution is 2.17. The largest absolute Gasteiger partial charge is 0.107 e. The highest BCUT2D eigenvalue weighted by molar-refractivity contribution is 4.99. The summed E-state index contributed by atoms with van der Waals surface area (Å²) in [5.74, 6) is 13.4. The fourth-order valence-corrected chi connectivity index (χ4v) is 0.928. The van der Waals surface area contributed by atoms with Gasteiger partial charge in [0.05, 0.1) is 0 Å². The molecular formula is C12H18. The van der Waals surface area contributed by atoms with Gasteiger partial charge in [-0.15, -0.1) is 23.7 Å². The van der Waals surface area contributed by atoms with Crippen LogP contribution in [-0.2, 0) is 0 Å². The fraction of sp³-hybridized carbons (Fsp3) is 0.667. The molecule has 0 aromatic heterocycles. The molecule has 0 saturated carbocycles. The van der Waals surface area contributed by atoms with Crippen LogP contribution in [0.4, 0.5) is 0 Å². The molecule has 0 aliphatic rings. The second-order valence-electron chi connectivity index (χ2n) is 3.22. The zero-order valence-corrected chi connectivity index (χ0v) is 8.57. The van der Waals surface area contributed by atoms with E-state index < -0.39 is 0 Å². The van der Waals surface area contributed by atoms with E-state index in [1.54, 1.807) is 0 Å². The molecule has 0 amide bonds. The topological polar surface area (TPSA) is 0 Å². The number of hydrogen-bond donors (Lipinski definition) is 0. The summed E-state index contributed by atoms with van der Waals surface area (Å²) in [5.41, 5.74) is 0. The Hall–Kier alpha value is -0.880. The van der Waals surface area contributed by atoms with E-state index in [9.17, 15) is 0 Å². The molecular weight excluding hydrogens is 144 g/mol. The molecule has 0 fully saturated rings. The Morgan fingerprint density at radius 2 is 1.17 bits per heavy atom. The normalized spacial score (nSPS) is 13.3. The summed E-state index contributed by atoms with van der Waals surface area (Å²) < 4.78 is 0. The Morgan fingerprint density at radius 3 is 1.42 bits per heavy atom. The van der Waals surface area contributed by atoms with Crippen molar-refractivity contribution in [2.45, 2.75) is 40.5 Å². The average Bonchev–Trinajstić information content (AvgIpc) is 2.10. The van der Waals surface area contributed by atoms with Gasteiger partial charge in [0.2, 0.25) is 0 Å². The van der Waals surface area contributed by atoms with Gasteiger partial charge in [-0.05, 0) is 25.7 Å². The lowest BCUT2D eigenvalue weighted by atomic mass is 9.91. The van der Waals surface area contributed by atoms with E-state index in [1.165, 1.54) is 0 Å². The summed E-state index contributed by atoms with van der Waals surface area (Å²) in [6.07, 6.45) is 2.01. The third-order valence-corrected chi connectivity index (χ3v) is 2.17. The van der Waals surface area contributed by atoms with Crippen LogP contribution in [0, 0.1) is 35.5 Å². The van der Waals surface area contributed by atoms with Crippen LogP contribution in [0.1, 0.15) is 40.5 Å². The van der Waals surface area contributed by atoms with Crippen molar-refractivity contribution in [2.75, 3.05) is 0 Å². The Kier molecular flexibility index (Phi) is 6.31. The molecule has 0 bridgehead atoms. The van der Waals surface area contributed by atoms with E-state index in [0.29, 0.717) is 11.8 Å². The maximum atomic E-state index is 3.11. The van der Waals surface area contributed by atoms with E-state index in [1.807, 2.05) is 13.8 Å². The van der Waals surface area contributed by atoms with E-state index in [-0.39, 0.29) is 0 Å². The summed E-state index contributed by atoms with van der Waals surface area (Å²) in [6, 6.07) is 0. The number of rotatable bonds is 3. The van der Waals surface area contributed by atoms with Gasteiger partial charge in [-0.25, -0.2) is 0 Å². The molecule has 2 unspecified atom stereocenters. The Morgan fingerprint density at radius 1 is 0.833 bits per heavy atom. The summed E-state index contributed by atoms with van der Waals surface area (Å²) in [5, 5.41) is 0. The lowest BCUT2D eigenvalue weighted by Gasteiger charge is -2.14. The van der Waals surface area contributed by atoms with Crippen LogP contribution in [0.25, 0.3) is 0 Å². The molecule has 0 nitrogen and oxygen atoms in total. The molecule has 0 spiro atoms. The Labute approximate surface area is 76.8 Å². The highest BCUT2D eigenvalue weighted by atomic mass is 14.1. The molecule has 12 heavy (non-hydrogen) atoms. The predicted octanol–water partition coefficient (Wildman–Crippen LogP) is 3.09. The van der Waals surface area contributed by atoms with Crippen LogP contribution in [0.15, 0.2) is 0 Å². The first-order valence-electron chi connectivity index (χ1n) is 4.51. The molecule has 0 aromatic carbocycles. The van der Waals surface area contributed by atoms with Crippen LogP contribution in [0.5, 0.6) is 0 Å². The molecule has 0 saturated heterocycles. The van der Waals surface area contributed by atoms with Gasteiger partial charge in [0, 0.05) is 12.8 Å². The van der Waals surface area contributed by atoms with Gasteiger partial charge in [-0.3, -0.25) is 0 Å². The summed E-state index contributed by atoms with van der Waals surface area (Å²) in [7, 11) is 0. The molecule has 66 valence electrons. The van der Waals surface area contributed by atoms with E-state index in [2.05, 4.69) is 37.5 Å². The first kappa shape index (κ1) is 11.1. The van der Waals surface area contributed by atoms with Crippen molar-refractivity contribution in [3.63, 3.8) is 0 Å². The smallest absolute Gasteiger partial charge is 0.0117 e. The SMILES string of the molecule is CC#CCC(C)C(C)CC#CC. The van der Waals surface area contributed by atoms with Gasteiger partial charge in [-0.1, -0.05) is 13.8 Å². The number of hydrogen-bond acceptors (Lipinski definition) is 0. The van der Waals surface area contributed by atoms with E-state index in [4.69, 9.17) is 0 Å². The maximum Gasteiger partial charge on any atom is 0.0117 e. The molecule has 0 radical (unpaired) electrons. The minimum atomic E-state index is 0.665. The summed E-state index contributed by atoms with van der Waals surface area (Å²) in [4.78, 5) is 0. The fourth-order valence-electron chi connectivity index (χ4n) is 0.928. The highest BCUT2D eigenvalue weighted by Gasteiger charge is 2.08. The van der Waals surface area contributed by atoms with Crippen LogP contribution in [-0.4, -0.2) is 0 Å². The van der Waals surface area contributed by atoms with Crippen molar-refractivity contribution >= 4 is 0 Å². The molecule has 0 aliphatic carbocycles. The van der Waals surface area contributed by atoms with Crippen LogP contribution >= 0.6 is 0 Å². The minimum absolute atomic E-state index is 0.665. The molecule has 0 aliphatic heterocycles. The van der Waals surface area contributed by atoms with Crippen molar-refractivity contribution in [3.8, 4) is 23.7 Å². The van der Waals surface area contributed by atoms with Crippen LogP contribution in [0.2, 0.25) is 0 Å². The second kappa shape index (κ2) is 6.81. The Bertz CT molecular complexity index is 190. The van der Waals surface area contributed by atoms with Crippen molar-refractivity contribution in [1.82, 2.24) is 0 Å². The van der Waals surface area contributed by atoms with Gasteiger partial charge in [0.1, 0.15) is 0 Å². The van der Waals surface area contributed by atoms with Gasteiger partial charge in [0.25, 0.3) is 0 Å². The lowest BCUT2D eigenvalue weighted by molar-refractivity contribution is 0.404. The van der Waals surface area contributed by atoms with Crippen molar-refractivity contribution in [1.29, 1.82) is 0 Å². The monoisotopic (exact) mass is 162 g/mol. The minimum Gasteiger partial charge on any atom is -0.107 e. The van der Waals surface area contributed by atoms with Gasteiger partial charge in [-0.2, -0.15) is 0 Å². The van der Waals surface area contributed by atoms with Gasteiger partial charge >= 0.3 is 0 Å². The van der Waals surface area contributed by atoms with Crippen LogP contribution < -0.4 is 0 Å². The standard InChI is InChI=1S/C12H18/c1-5-7-9-11(3)12(4)10-8-6-2/h11-12H,9-10H2,1-4H3. The zero-order valence-electron chi connectivity index (χ0n) is 8.57. The van der Waals surface area contributed by atoms with Crippen molar-refractivity contribution in [3.05, 3.63) is 0 Å². The molecule has 0 rings (SSSR count). The van der Waals surface area contributed by atoms with Gasteiger partial charge < -0.3 is 0 Å². The van der Waals surface area contributed by atoms with Gasteiger partial charge in [0.15, 0.2) is 0 Å². The Balaban J connectivity index is 3.78. The quantitative estimate of drug-likeness (QED) is 0.559. The van der Waals surface area contributed by atoms with Crippen molar-refractivity contribution in [2.24, 2.45) is 11.8 Å². The summed E-state index contributed by atoms with van der Waals surface area (Å²) in [6.45, 7) is 8.27. The first-order chi connectivity index (χ1) is 5.72. The molecule has 0 heterocycles. The van der Waals surface area contributed by atoms with Crippen LogP contribution in [0.3, 0.4) is 0 Å². The third kappa shape index (κ3) is 4.86. The maximum absolute atomic E-state index is 3.11. The molecule has 0 N–H and O–H groups in total. The lowest BCUT2D eigenvalue weighted by Crippen LogP contribution is -2.06. The molecule has 0 heteroatoms. The molecule has 2 atom stereocenters. The first-order valence-corrected chi connectivity index (χ1v) is 4.51. The third-order valence-electron chi connectivity index (χ3n) is 2.17. The predicted molar refractivity (Wildman–Crippen MR) is 54.5 cm³/mol.